The number of benzene rings is 1. The molecule has 1 atom stereocenters. The van der Waals surface area contributed by atoms with E-state index < -0.39 is 52.3 Å². The van der Waals surface area contributed by atoms with Gasteiger partial charge in [-0.15, -0.1) is 0 Å². The molecule has 2 N–H and O–H groups in total. The summed E-state index contributed by atoms with van der Waals surface area (Å²) in [5.74, 6) is -5.37. The van der Waals surface area contributed by atoms with Gasteiger partial charge in [-0.05, 0) is 6.07 Å². The summed E-state index contributed by atoms with van der Waals surface area (Å²) in [5, 5.41) is 21.6. The monoisotopic (exact) mass is 304 g/mol. The Morgan fingerprint density at radius 2 is 2.10 bits per heavy atom. The lowest BCUT2D eigenvalue weighted by molar-refractivity contribution is -0.387. The fourth-order valence-electron chi connectivity index (χ4n) is 1.39. The Balaban J connectivity index is 2.95. The second-order valence-electron chi connectivity index (χ2n) is 3.76. The van der Waals surface area contributed by atoms with Crippen LogP contribution in [0.3, 0.4) is 0 Å². The maximum absolute atomic E-state index is 13.7. The van der Waals surface area contributed by atoms with Crippen LogP contribution in [0.2, 0.25) is 0 Å². The number of nitro benzene ring substituents is 1. The molecule has 1 aromatic carbocycles. The van der Waals surface area contributed by atoms with Crippen LogP contribution >= 0.6 is 0 Å². The smallest absolute Gasteiger partial charge is 0.336 e. The Kier molecular flexibility index (Phi) is 5.24. The second-order valence-corrected chi connectivity index (χ2v) is 3.76. The molecule has 0 bridgehead atoms. The number of esters is 1. The first-order chi connectivity index (χ1) is 9.79. The average Bonchev–Trinajstić information content (AvgIpc) is 2.43. The Morgan fingerprint density at radius 1 is 1.48 bits per heavy atom. The predicted octanol–water partition coefficient (Wildman–Crippen LogP) is 0.137. The van der Waals surface area contributed by atoms with Gasteiger partial charge in [-0.1, -0.05) is 0 Å². The topological polar surface area (TPSA) is 119 Å². The van der Waals surface area contributed by atoms with Crippen molar-refractivity contribution in [1.82, 2.24) is 5.32 Å². The largest absolute Gasteiger partial charge is 0.467 e. The molecule has 8 nitrogen and oxygen atoms in total. The Morgan fingerprint density at radius 3 is 2.62 bits per heavy atom. The molecule has 0 saturated heterocycles. The number of hydrogen-bond donors (Lipinski definition) is 2. The summed E-state index contributed by atoms with van der Waals surface area (Å²) in [5.41, 5.74) is -2.25. The highest BCUT2D eigenvalue weighted by atomic mass is 19.1. The fourth-order valence-corrected chi connectivity index (χ4v) is 1.39. The molecule has 114 valence electrons. The third-order valence-electron chi connectivity index (χ3n) is 2.42. The molecule has 1 aromatic rings. The number of carbonyl (C=O) groups is 2. The van der Waals surface area contributed by atoms with Crippen LogP contribution in [0.5, 0.6) is 0 Å². The van der Waals surface area contributed by atoms with Gasteiger partial charge in [-0.3, -0.25) is 14.9 Å². The van der Waals surface area contributed by atoms with Crippen LogP contribution in [0, 0.1) is 21.7 Å². The molecule has 21 heavy (non-hydrogen) atoms. The number of hydrogen-bond acceptors (Lipinski definition) is 6. The molecular weight excluding hydrogens is 294 g/mol. The molecule has 1 rings (SSSR count). The summed E-state index contributed by atoms with van der Waals surface area (Å²) in [6.07, 6.45) is -1.73. The van der Waals surface area contributed by atoms with Crippen LogP contribution in [0.15, 0.2) is 12.1 Å². The van der Waals surface area contributed by atoms with Gasteiger partial charge in [0, 0.05) is 6.07 Å². The van der Waals surface area contributed by atoms with Crippen molar-refractivity contribution >= 4 is 17.6 Å². The number of halogens is 2. The minimum Gasteiger partial charge on any atom is -0.467 e. The first-order valence-electron chi connectivity index (χ1n) is 5.46. The van der Waals surface area contributed by atoms with Crippen LogP contribution in [0.25, 0.3) is 0 Å². The van der Waals surface area contributed by atoms with Gasteiger partial charge in [-0.2, -0.15) is 4.39 Å². The molecule has 1 unspecified atom stereocenters. The normalized spacial score (nSPS) is 11.6. The Labute approximate surface area is 116 Å². The number of amides is 1. The lowest BCUT2D eigenvalue weighted by atomic mass is 10.1. The number of aliphatic hydroxyl groups is 1. The van der Waals surface area contributed by atoms with E-state index in [1.54, 1.807) is 0 Å². The van der Waals surface area contributed by atoms with Gasteiger partial charge in [0.2, 0.25) is 5.82 Å². The van der Waals surface area contributed by atoms with E-state index in [9.17, 15) is 33.6 Å². The van der Waals surface area contributed by atoms with E-state index in [1.165, 1.54) is 0 Å². The highest BCUT2D eigenvalue weighted by Gasteiger charge is 2.27. The number of nitrogens with zero attached hydrogens (tertiary/aromatic N) is 1. The zero-order chi connectivity index (χ0) is 16.2. The van der Waals surface area contributed by atoms with E-state index in [-0.39, 0.29) is 0 Å². The van der Waals surface area contributed by atoms with Gasteiger partial charge >= 0.3 is 11.7 Å². The minimum atomic E-state index is -1.73. The van der Waals surface area contributed by atoms with Crippen molar-refractivity contribution < 1.29 is 33.1 Å². The number of nitrogens with one attached hydrogen (secondary N) is 1. The van der Waals surface area contributed by atoms with Crippen molar-refractivity contribution in [2.45, 2.75) is 6.10 Å². The Hall–Kier alpha value is -2.62. The van der Waals surface area contributed by atoms with E-state index in [0.29, 0.717) is 12.1 Å². The number of aliphatic hydroxyl groups excluding tert-OH is 1. The highest BCUT2D eigenvalue weighted by Crippen LogP contribution is 2.22. The van der Waals surface area contributed by atoms with Crippen LogP contribution in [-0.2, 0) is 9.53 Å². The first kappa shape index (κ1) is 16.4. The third kappa shape index (κ3) is 3.69. The summed E-state index contributed by atoms with van der Waals surface area (Å²) in [7, 11) is 0.993. The zero-order valence-corrected chi connectivity index (χ0v) is 10.6. The van der Waals surface area contributed by atoms with Gasteiger partial charge in [0.25, 0.3) is 5.91 Å². The standard InChI is InChI=1S/C11H10F2N2O6/c1-21-11(18)7(16)4-14-10(17)8-5(12)2-3-6(9(8)13)15(19)20/h2-3,7,16H,4H2,1H3,(H,14,17). The van der Waals surface area contributed by atoms with E-state index >= 15 is 0 Å². The number of ether oxygens (including phenoxy) is 1. The lowest BCUT2D eigenvalue weighted by Crippen LogP contribution is -2.37. The maximum Gasteiger partial charge on any atom is 0.336 e. The predicted molar refractivity (Wildman–Crippen MR) is 63.4 cm³/mol. The Bertz CT molecular complexity index is 592. The van der Waals surface area contributed by atoms with E-state index in [4.69, 9.17) is 0 Å². The second kappa shape index (κ2) is 6.70. The average molecular weight is 304 g/mol. The number of carbonyl (C=O) groups excluding carboxylic acids is 2. The molecule has 0 radical (unpaired) electrons. The first-order valence-corrected chi connectivity index (χ1v) is 5.46. The van der Waals surface area contributed by atoms with Crippen LogP contribution < -0.4 is 5.32 Å². The molecule has 0 fully saturated rings. The van der Waals surface area contributed by atoms with Crippen LogP contribution in [-0.4, -0.2) is 41.7 Å². The molecule has 10 heteroatoms. The van der Waals surface area contributed by atoms with E-state index in [2.05, 4.69) is 4.74 Å². The number of rotatable bonds is 5. The maximum atomic E-state index is 13.7. The van der Waals surface area contributed by atoms with E-state index in [1.807, 2.05) is 5.32 Å². The van der Waals surface area contributed by atoms with Crippen molar-refractivity contribution in [3.8, 4) is 0 Å². The zero-order valence-electron chi connectivity index (χ0n) is 10.6. The fraction of sp³-hybridized carbons (Fsp3) is 0.273. The van der Waals surface area contributed by atoms with Crippen molar-refractivity contribution in [1.29, 1.82) is 0 Å². The van der Waals surface area contributed by atoms with Crippen LogP contribution in [0.4, 0.5) is 14.5 Å². The van der Waals surface area contributed by atoms with Gasteiger partial charge in [0.05, 0.1) is 18.6 Å². The van der Waals surface area contributed by atoms with Gasteiger partial charge < -0.3 is 15.2 Å². The molecule has 1 amide bonds. The summed E-state index contributed by atoms with van der Waals surface area (Å²) in [4.78, 5) is 31.9. The number of methoxy groups -OCH3 is 1. The molecule has 0 aliphatic heterocycles. The number of nitro groups is 1. The summed E-state index contributed by atoms with van der Waals surface area (Å²) in [6, 6.07) is 1.14. The quantitative estimate of drug-likeness (QED) is 0.453. The third-order valence-corrected chi connectivity index (χ3v) is 2.42. The lowest BCUT2D eigenvalue weighted by Gasteiger charge is -2.10. The van der Waals surface area contributed by atoms with Gasteiger partial charge in [0.15, 0.2) is 6.10 Å². The summed E-state index contributed by atoms with van der Waals surface area (Å²) >= 11 is 0. The molecule has 0 aliphatic carbocycles. The molecule has 0 heterocycles. The van der Waals surface area contributed by atoms with Crippen molar-refractivity contribution in [3.63, 3.8) is 0 Å². The van der Waals surface area contributed by atoms with Crippen molar-refractivity contribution in [2.75, 3.05) is 13.7 Å². The molecule has 0 spiro atoms. The van der Waals surface area contributed by atoms with Gasteiger partial charge in [-0.25, -0.2) is 9.18 Å². The van der Waals surface area contributed by atoms with E-state index in [0.717, 1.165) is 7.11 Å². The van der Waals surface area contributed by atoms with Crippen LogP contribution in [0.1, 0.15) is 10.4 Å². The molecule has 0 aliphatic rings. The highest BCUT2D eigenvalue weighted by molar-refractivity contribution is 5.95. The van der Waals surface area contributed by atoms with Crippen molar-refractivity contribution in [3.05, 3.63) is 39.4 Å². The van der Waals surface area contributed by atoms with Gasteiger partial charge in [0.1, 0.15) is 11.4 Å². The molecular formula is C11H10F2N2O6. The molecule has 0 aromatic heterocycles. The minimum absolute atomic E-state index is 0.562. The summed E-state index contributed by atoms with van der Waals surface area (Å²) < 4.78 is 31.3. The SMILES string of the molecule is COC(=O)C(O)CNC(=O)c1c(F)ccc([N+](=O)[O-])c1F. The van der Waals surface area contributed by atoms with Crippen molar-refractivity contribution in [2.24, 2.45) is 0 Å². The summed E-state index contributed by atoms with van der Waals surface area (Å²) in [6.45, 7) is -0.674. The molecule has 0 saturated carbocycles.